The molecule has 0 saturated carbocycles. The van der Waals surface area contributed by atoms with Gasteiger partial charge in [0.05, 0.1) is 20.0 Å². The summed E-state index contributed by atoms with van der Waals surface area (Å²) in [4.78, 5) is 24.1. The van der Waals surface area contributed by atoms with Crippen LogP contribution >= 0.6 is 0 Å². The molecule has 1 amide bonds. The predicted molar refractivity (Wildman–Crippen MR) is 121 cm³/mol. The highest BCUT2D eigenvalue weighted by Crippen LogP contribution is 2.23. The van der Waals surface area contributed by atoms with Crippen LogP contribution in [0.2, 0.25) is 0 Å². The summed E-state index contributed by atoms with van der Waals surface area (Å²) in [7, 11) is -2.25. The van der Waals surface area contributed by atoms with Gasteiger partial charge in [0.25, 0.3) is 10.1 Å². The summed E-state index contributed by atoms with van der Waals surface area (Å²) >= 11 is 0. The molecule has 1 unspecified atom stereocenters. The number of rotatable bonds is 9. The van der Waals surface area contributed by atoms with Gasteiger partial charge in [-0.05, 0) is 56.2 Å². The third kappa shape index (κ3) is 9.92. The van der Waals surface area contributed by atoms with Crippen LogP contribution in [0.4, 0.5) is 4.79 Å². The van der Waals surface area contributed by atoms with Crippen LogP contribution in [0.3, 0.4) is 0 Å². The molecule has 0 aromatic heterocycles. The molecule has 0 saturated heterocycles. The lowest BCUT2D eigenvalue weighted by Gasteiger charge is -2.22. The van der Waals surface area contributed by atoms with Crippen LogP contribution < -0.4 is 10.1 Å². The molecule has 1 N–H and O–H groups in total. The Bertz CT molecular complexity index is 1040. The van der Waals surface area contributed by atoms with Crippen LogP contribution in [0.25, 0.3) is 0 Å². The van der Waals surface area contributed by atoms with Crippen LogP contribution in [0, 0.1) is 0 Å². The number of amides is 1. The summed E-state index contributed by atoms with van der Waals surface area (Å²) in [6, 6.07) is 12.9. The Balaban J connectivity index is 1.98. The molecule has 0 aliphatic carbocycles. The fourth-order valence-electron chi connectivity index (χ4n) is 2.68. The number of benzene rings is 2. The maximum absolute atomic E-state index is 12.1. The molecule has 0 radical (unpaired) electrons. The molecule has 0 spiro atoms. The van der Waals surface area contributed by atoms with Crippen molar-refractivity contribution in [1.29, 1.82) is 0 Å². The van der Waals surface area contributed by atoms with Crippen molar-refractivity contribution < 1.29 is 36.4 Å². The lowest BCUT2D eigenvalue weighted by molar-refractivity contribution is -0.143. The van der Waals surface area contributed by atoms with E-state index in [0.717, 1.165) is 11.8 Å². The fourth-order valence-corrected chi connectivity index (χ4v) is 3.03. The lowest BCUT2D eigenvalue weighted by atomic mass is 10.1. The van der Waals surface area contributed by atoms with E-state index in [4.69, 9.17) is 18.4 Å². The minimum absolute atomic E-state index is 0.0491. The minimum atomic E-state index is -3.51. The third-order valence-electron chi connectivity index (χ3n) is 4.14. The number of methoxy groups -OCH3 is 1. The van der Waals surface area contributed by atoms with Crippen LogP contribution in [-0.4, -0.2) is 45.5 Å². The number of hydrogen-bond acceptors (Lipinski definition) is 8. The molecule has 0 aliphatic heterocycles. The summed E-state index contributed by atoms with van der Waals surface area (Å²) in [6.07, 6.45) is 0.499. The van der Waals surface area contributed by atoms with E-state index in [9.17, 15) is 18.0 Å². The van der Waals surface area contributed by atoms with E-state index in [0.29, 0.717) is 17.1 Å². The van der Waals surface area contributed by atoms with Crippen molar-refractivity contribution in [2.45, 2.75) is 45.4 Å². The number of hydrogen-bond donors (Lipinski definition) is 1. The second-order valence-electron chi connectivity index (χ2n) is 8.28. The van der Waals surface area contributed by atoms with Gasteiger partial charge in [-0.25, -0.2) is 9.59 Å². The average Bonchev–Trinajstić information content (AvgIpc) is 2.71. The van der Waals surface area contributed by atoms with E-state index in [1.54, 1.807) is 69.3 Å². The molecular formula is C23H29NO8S. The van der Waals surface area contributed by atoms with Crippen LogP contribution in [0.5, 0.6) is 11.5 Å². The molecule has 10 heteroatoms. The second kappa shape index (κ2) is 11.2. The topological polar surface area (TPSA) is 117 Å². The predicted octanol–water partition coefficient (Wildman–Crippen LogP) is 3.56. The smallest absolute Gasteiger partial charge is 0.408 e. The molecule has 2 rings (SSSR count). The van der Waals surface area contributed by atoms with Gasteiger partial charge in [-0.2, -0.15) is 8.42 Å². The van der Waals surface area contributed by atoms with Crippen molar-refractivity contribution in [3.63, 3.8) is 0 Å². The van der Waals surface area contributed by atoms with Gasteiger partial charge in [0.15, 0.2) is 0 Å². The number of nitrogens with one attached hydrogen (secondary N) is 1. The summed E-state index contributed by atoms with van der Waals surface area (Å²) in [5.41, 5.74) is 0.777. The zero-order valence-corrected chi connectivity index (χ0v) is 20.1. The Labute approximate surface area is 194 Å². The first-order chi connectivity index (χ1) is 15.3. The van der Waals surface area contributed by atoms with Crippen molar-refractivity contribution in [3.8, 4) is 11.5 Å². The molecule has 180 valence electrons. The van der Waals surface area contributed by atoms with Crippen molar-refractivity contribution >= 4 is 22.2 Å². The standard InChI is InChI=1S/C23H29NO8S/c1-23(2,3)32-22(26)24-20(21(25)29-4)14-16-6-10-18(11-7-16)31-19-12-8-17(9-13-19)15-30-33(5,27)28/h6-13,20H,14-15H2,1-5H3,(H,24,26). The molecule has 1 atom stereocenters. The molecular weight excluding hydrogens is 450 g/mol. The summed E-state index contributed by atoms with van der Waals surface area (Å²) in [5, 5.41) is 2.54. The van der Waals surface area contributed by atoms with Crippen LogP contribution in [0.15, 0.2) is 48.5 Å². The van der Waals surface area contributed by atoms with Gasteiger partial charge in [-0.3, -0.25) is 4.18 Å². The Kier molecular flexibility index (Phi) is 8.84. The van der Waals surface area contributed by atoms with Crippen LogP contribution in [-0.2, 0) is 41.6 Å². The van der Waals surface area contributed by atoms with Crippen molar-refractivity contribution in [2.24, 2.45) is 0 Å². The van der Waals surface area contributed by atoms with E-state index in [-0.39, 0.29) is 13.0 Å². The SMILES string of the molecule is COC(=O)C(Cc1ccc(Oc2ccc(COS(C)(=O)=O)cc2)cc1)NC(=O)OC(C)(C)C. The molecule has 2 aromatic carbocycles. The Hall–Kier alpha value is -3.11. The first kappa shape index (κ1) is 26.1. The molecule has 33 heavy (non-hydrogen) atoms. The molecule has 0 aliphatic rings. The van der Waals surface area contributed by atoms with Gasteiger partial charge < -0.3 is 19.5 Å². The van der Waals surface area contributed by atoms with Crippen LogP contribution in [0.1, 0.15) is 31.9 Å². The Morgan fingerprint density at radius 1 is 0.939 bits per heavy atom. The maximum atomic E-state index is 12.1. The van der Waals surface area contributed by atoms with E-state index in [1.807, 2.05) is 0 Å². The molecule has 0 fully saturated rings. The summed E-state index contributed by atoms with van der Waals surface area (Å²) in [5.74, 6) is 0.541. The molecule has 9 nitrogen and oxygen atoms in total. The molecule has 0 bridgehead atoms. The van der Waals surface area contributed by atoms with Gasteiger partial charge in [0, 0.05) is 6.42 Å². The number of esters is 1. The van der Waals surface area contributed by atoms with Crippen molar-refractivity contribution in [2.75, 3.05) is 13.4 Å². The van der Waals surface area contributed by atoms with Gasteiger partial charge in [-0.15, -0.1) is 0 Å². The largest absolute Gasteiger partial charge is 0.467 e. The Morgan fingerprint density at radius 2 is 1.45 bits per heavy atom. The lowest BCUT2D eigenvalue weighted by Crippen LogP contribution is -2.45. The normalized spacial score (nSPS) is 12.5. The zero-order chi connectivity index (χ0) is 24.6. The quantitative estimate of drug-likeness (QED) is 0.429. The molecule has 2 aromatic rings. The van der Waals surface area contributed by atoms with Gasteiger partial charge in [0.1, 0.15) is 23.1 Å². The maximum Gasteiger partial charge on any atom is 0.408 e. The zero-order valence-electron chi connectivity index (χ0n) is 19.3. The van der Waals surface area contributed by atoms with E-state index < -0.39 is 33.8 Å². The molecule has 0 heterocycles. The highest BCUT2D eigenvalue weighted by molar-refractivity contribution is 7.85. The fraction of sp³-hybridized carbons (Fsp3) is 0.391. The monoisotopic (exact) mass is 479 g/mol. The minimum Gasteiger partial charge on any atom is -0.467 e. The highest BCUT2D eigenvalue weighted by Gasteiger charge is 2.25. The summed E-state index contributed by atoms with van der Waals surface area (Å²) < 4.78 is 42.7. The first-order valence-corrected chi connectivity index (χ1v) is 11.9. The Morgan fingerprint density at radius 3 is 1.91 bits per heavy atom. The van der Waals surface area contributed by atoms with E-state index >= 15 is 0 Å². The highest BCUT2D eigenvalue weighted by atomic mass is 32.2. The third-order valence-corrected chi connectivity index (χ3v) is 4.68. The van der Waals surface area contributed by atoms with Gasteiger partial charge >= 0.3 is 12.1 Å². The van der Waals surface area contributed by atoms with Crippen molar-refractivity contribution in [1.82, 2.24) is 5.32 Å². The number of carbonyl (C=O) groups is 2. The number of carbonyl (C=O) groups excluding carboxylic acids is 2. The average molecular weight is 480 g/mol. The van der Waals surface area contributed by atoms with Gasteiger partial charge in [0.2, 0.25) is 0 Å². The second-order valence-corrected chi connectivity index (χ2v) is 9.93. The van der Waals surface area contributed by atoms with Crippen molar-refractivity contribution in [3.05, 3.63) is 59.7 Å². The van der Waals surface area contributed by atoms with Gasteiger partial charge in [-0.1, -0.05) is 24.3 Å². The van der Waals surface area contributed by atoms with E-state index in [2.05, 4.69) is 5.32 Å². The summed E-state index contributed by atoms with van der Waals surface area (Å²) in [6.45, 7) is 5.15. The van der Waals surface area contributed by atoms with E-state index in [1.165, 1.54) is 7.11 Å². The number of alkyl carbamates (subject to hydrolysis) is 1. The number of ether oxygens (including phenoxy) is 3. The first-order valence-electron chi connectivity index (χ1n) is 10.1.